The fourth-order valence-electron chi connectivity index (χ4n) is 3.39. The van der Waals surface area contributed by atoms with E-state index in [-0.39, 0.29) is 0 Å². The van der Waals surface area contributed by atoms with Crippen molar-refractivity contribution in [2.75, 3.05) is 26.8 Å². The summed E-state index contributed by atoms with van der Waals surface area (Å²) in [7, 11) is 2.07. The van der Waals surface area contributed by atoms with Crippen LogP contribution in [0.2, 0.25) is 0 Å². The fraction of sp³-hybridized carbons (Fsp3) is 0.667. The van der Waals surface area contributed by atoms with E-state index in [9.17, 15) is 0 Å². The molecule has 0 saturated carbocycles. The van der Waals surface area contributed by atoms with Crippen LogP contribution in [-0.2, 0) is 11.2 Å². The Kier molecular flexibility index (Phi) is 6.22. The maximum Gasteiger partial charge on any atom is 0.0622 e. The predicted molar refractivity (Wildman–Crippen MR) is 88.7 cm³/mol. The number of aryl methyl sites for hydroxylation is 1. The molecule has 21 heavy (non-hydrogen) atoms. The van der Waals surface area contributed by atoms with Crippen molar-refractivity contribution in [3.05, 3.63) is 35.4 Å². The number of benzene rings is 1. The number of morpholine rings is 1. The van der Waals surface area contributed by atoms with E-state index in [1.54, 1.807) is 0 Å². The van der Waals surface area contributed by atoms with Gasteiger partial charge in [0.2, 0.25) is 0 Å². The average Bonchev–Trinajstić information content (AvgIpc) is 2.56. The largest absolute Gasteiger partial charge is 0.378 e. The van der Waals surface area contributed by atoms with Gasteiger partial charge in [0, 0.05) is 24.7 Å². The SMILES string of the molecule is CCc1ccc(C(NC)C(C)N2CCOCC2CC)cc1. The summed E-state index contributed by atoms with van der Waals surface area (Å²) in [6, 6.07) is 10.4. The number of ether oxygens (including phenoxy) is 1. The topological polar surface area (TPSA) is 24.5 Å². The Balaban J connectivity index is 2.14. The Morgan fingerprint density at radius 3 is 2.57 bits per heavy atom. The highest BCUT2D eigenvalue weighted by Gasteiger charge is 2.30. The van der Waals surface area contributed by atoms with Crippen LogP contribution in [0, 0.1) is 0 Å². The van der Waals surface area contributed by atoms with Crippen LogP contribution in [0.25, 0.3) is 0 Å². The standard InChI is InChI=1S/C18H30N2O/c1-5-15-7-9-16(10-8-15)18(19-4)14(3)20-11-12-21-13-17(20)6-2/h7-10,14,17-19H,5-6,11-13H2,1-4H3. The summed E-state index contributed by atoms with van der Waals surface area (Å²) in [4.78, 5) is 2.61. The minimum atomic E-state index is 0.364. The highest BCUT2D eigenvalue weighted by atomic mass is 16.5. The van der Waals surface area contributed by atoms with Crippen LogP contribution >= 0.6 is 0 Å². The molecule has 3 nitrogen and oxygen atoms in total. The molecule has 0 bridgehead atoms. The van der Waals surface area contributed by atoms with E-state index in [1.165, 1.54) is 11.1 Å². The molecule has 1 fully saturated rings. The molecule has 1 aliphatic rings. The van der Waals surface area contributed by atoms with Crippen LogP contribution in [0.1, 0.15) is 44.4 Å². The molecule has 1 saturated heterocycles. The zero-order valence-corrected chi connectivity index (χ0v) is 13.9. The molecule has 1 aliphatic heterocycles. The lowest BCUT2D eigenvalue weighted by atomic mass is 9.96. The third kappa shape index (κ3) is 3.85. The van der Waals surface area contributed by atoms with E-state index in [0.29, 0.717) is 18.1 Å². The summed E-state index contributed by atoms with van der Waals surface area (Å²) in [5.41, 5.74) is 2.78. The van der Waals surface area contributed by atoms with Crippen molar-refractivity contribution in [2.45, 2.75) is 51.7 Å². The van der Waals surface area contributed by atoms with Gasteiger partial charge >= 0.3 is 0 Å². The molecule has 3 unspecified atom stereocenters. The minimum absolute atomic E-state index is 0.364. The second kappa shape index (κ2) is 7.92. The first kappa shape index (κ1) is 16.5. The Hall–Kier alpha value is -0.900. The van der Waals surface area contributed by atoms with Crippen LogP contribution in [0.15, 0.2) is 24.3 Å². The summed E-state index contributed by atoms with van der Waals surface area (Å²) < 4.78 is 5.64. The van der Waals surface area contributed by atoms with Gasteiger partial charge in [-0.25, -0.2) is 0 Å². The van der Waals surface area contributed by atoms with Crippen molar-refractivity contribution < 1.29 is 4.74 Å². The Labute approximate surface area is 129 Å². The second-order valence-electron chi connectivity index (χ2n) is 5.98. The van der Waals surface area contributed by atoms with Gasteiger partial charge in [0.25, 0.3) is 0 Å². The van der Waals surface area contributed by atoms with Crippen molar-refractivity contribution >= 4 is 0 Å². The maximum absolute atomic E-state index is 5.64. The number of nitrogens with zero attached hydrogens (tertiary/aromatic N) is 1. The van der Waals surface area contributed by atoms with Gasteiger partial charge in [-0.05, 0) is 37.9 Å². The summed E-state index contributed by atoms with van der Waals surface area (Å²) in [5.74, 6) is 0. The van der Waals surface area contributed by atoms with Crippen LogP contribution in [0.3, 0.4) is 0 Å². The summed E-state index contributed by atoms with van der Waals surface area (Å²) in [5, 5.41) is 3.52. The molecule has 0 aromatic heterocycles. The molecular formula is C18H30N2O. The van der Waals surface area contributed by atoms with E-state index in [4.69, 9.17) is 4.74 Å². The molecule has 1 N–H and O–H groups in total. The van der Waals surface area contributed by atoms with E-state index >= 15 is 0 Å². The molecule has 2 rings (SSSR count). The number of hydrogen-bond acceptors (Lipinski definition) is 3. The van der Waals surface area contributed by atoms with Crippen molar-refractivity contribution in [2.24, 2.45) is 0 Å². The zero-order chi connectivity index (χ0) is 15.2. The van der Waals surface area contributed by atoms with Gasteiger partial charge in [-0.15, -0.1) is 0 Å². The smallest absolute Gasteiger partial charge is 0.0622 e. The third-order valence-corrected chi connectivity index (χ3v) is 4.81. The van der Waals surface area contributed by atoms with Crippen LogP contribution in [0.5, 0.6) is 0 Å². The first-order chi connectivity index (χ1) is 10.2. The molecular weight excluding hydrogens is 260 g/mol. The molecule has 0 radical (unpaired) electrons. The predicted octanol–water partition coefficient (Wildman–Crippen LogP) is 3.01. The number of hydrogen-bond donors (Lipinski definition) is 1. The maximum atomic E-state index is 5.64. The van der Waals surface area contributed by atoms with Crippen LogP contribution in [-0.4, -0.2) is 43.8 Å². The summed E-state index contributed by atoms with van der Waals surface area (Å²) in [6.45, 7) is 9.54. The number of rotatable bonds is 6. The van der Waals surface area contributed by atoms with Gasteiger partial charge in [0.1, 0.15) is 0 Å². The molecule has 3 heteroatoms. The number of nitrogens with one attached hydrogen (secondary N) is 1. The second-order valence-corrected chi connectivity index (χ2v) is 5.98. The van der Waals surface area contributed by atoms with Crippen LogP contribution < -0.4 is 5.32 Å². The van der Waals surface area contributed by atoms with Gasteiger partial charge in [-0.1, -0.05) is 38.1 Å². The molecule has 3 atom stereocenters. The van der Waals surface area contributed by atoms with Gasteiger partial charge in [-0.2, -0.15) is 0 Å². The first-order valence-corrected chi connectivity index (χ1v) is 8.30. The van der Waals surface area contributed by atoms with Gasteiger partial charge in [-0.3, -0.25) is 4.90 Å². The van der Waals surface area contributed by atoms with E-state index in [2.05, 4.69) is 62.3 Å². The zero-order valence-electron chi connectivity index (χ0n) is 13.9. The van der Waals surface area contributed by atoms with Crippen molar-refractivity contribution in [1.82, 2.24) is 10.2 Å². The van der Waals surface area contributed by atoms with Crippen molar-refractivity contribution in [3.8, 4) is 0 Å². The van der Waals surface area contributed by atoms with E-state index in [0.717, 1.165) is 32.6 Å². The molecule has 1 heterocycles. The quantitative estimate of drug-likeness (QED) is 0.871. The van der Waals surface area contributed by atoms with E-state index in [1.807, 2.05) is 0 Å². The van der Waals surface area contributed by atoms with Gasteiger partial charge in [0.15, 0.2) is 0 Å². The minimum Gasteiger partial charge on any atom is -0.378 e. The Bertz CT molecular complexity index is 418. The van der Waals surface area contributed by atoms with Crippen molar-refractivity contribution in [1.29, 1.82) is 0 Å². The lowest BCUT2D eigenvalue weighted by Gasteiger charge is -2.42. The monoisotopic (exact) mass is 290 g/mol. The lowest BCUT2D eigenvalue weighted by molar-refractivity contribution is -0.0334. The van der Waals surface area contributed by atoms with E-state index < -0.39 is 0 Å². The highest BCUT2D eigenvalue weighted by molar-refractivity contribution is 5.26. The van der Waals surface area contributed by atoms with Gasteiger partial charge < -0.3 is 10.1 Å². The van der Waals surface area contributed by atoms with Crippen molar-refractivity contribution in [3.63, 3.8) is 0 Å². The molecule has 118 valence electrons. The molecule has 1 aromatic carbocycles. The Morgan fingerprint density at radius 1 is 1.29 bits per heavy atom. The normalized spacial score (nSPS) is 23.0. The third-order valence-electron chi connectivity index (χ3n) is 4.81. The highest BCUT2D eigenvalue weighted by Crippen LogP contribution is 2.25. The van der Waals surface area contributed by atoms with Crippen LogP contribution in [0.4, 0.5) is 0 Å². The molecule has 0 spiro atoms. The average molecular weight is 290 g/mol. The first-order valence-electron chi connectivity index (χ1n) is 8.30. The fourth-order valence-corrected chi connectivity index (χ4v) is 3.39. The summed E-state index contributed by atoms with van der Waals surface area (Å²) in [6.07, 6.45) is 2.25. The Morgan fingerprint density at radius 2 is 2.00 bits per heavy atom. The molecule has 0 aliphatic carbocycles. The molecule has 1 aromatic rings. The lowest BCUT2D eigenvalue weighted by Crippen LogP contribution is -2.53. The van der Waals surface area contributed by atoms with Gasteiger partial charge in [0.05, 0.1) is 13.2 Å². The number of likely N-dealkylation sites (N-methyl/N-ethyl adjacent to an activating group) is 1. The summed E-state index contributed by atoms with van der Waals surface area (Å²) >= 11 is 0. The molecule has 0 amide bonds.